The van der Waals surface area contributed by atoms with Crippen molar-refractivity contribution in [1.82, 2.24) is 4.98 Å². The Morgan fingerprint density at radius 2 is 2.20 bits per heavy atom. The number of sulfone groups is 1. The molecule has 2 rings (SSSR count). The molecule has 2 unspecified atom stereocenters. The Bertz CT molecular complexity index is 600. The molecule has 1 N–H and O–H groups in total. The molecule has 0 aliphatic heterocycles. The zero-order valence-electron chi connectivity index (χ0n) is 11.2. The van der Waals surface area contributed by atoms with Crippen molar-refractivity contribution in [2.24, 2.45) is 0 Å². The fourth-order valence-electron chi connectivity index (χ4n) is 2.39. The molecule has 1 aromatic heterocycles. The fraction of sp³-hybridized carbons (Fsp3) is 0.538. The highest BCUT2D eigenvalue weighted by atomic mass is 32.2. The molecule has 5 nitrogen and oxygen atoms in total. The van der Waals surface area contributed by atoms with Gasteiger partial charge in [-0.15, -0.1) is 11.8 Å². The zero-order valence-corrected chi connectivity index (χ0v) is 12.8. The Balaban J connectivity index is 2.06. The van der Waals surface area contributed by atoms with Gasteiger partial charge in [0, 0.05) is 22.6 Å². The Morgan fingerprint density at radius 1 is 1.45 bits per heavy atom. The van der Waals surface area contributed by atoms with E-state index < -0.39 is 15.8 Å². The molecule has 1 aromatic rings. The van der Waals surface area contributed by atoms with Crippen LogP contribution in [0.25, 0.3) is 0 Å². The van der Waals surface area contributed by atoms with Crippen molar-refractivity contribution in [2.75, 3.05) is 6.26 Å². The van der Waals surface area contributed by atoms with Crippen LogP contribution in [0.4, 0.5) is 0 Å². The summed E-state index contributed by atoms with van der Waals surface area (Å²) in [5.74, 6) is -1.05. The summed E-state index contributed by atoms with van der Waals surface area (Å²) in [7, 11) is -2.99. The molecule has 0 spiro atoms. The topological polar surface area (TPSA) is 84.3 Å². The lowest BCUT2D eigenvalue weighted by atomic mass is 10.00. The minimum Gasteiger partial charge on any atom is -0.477 e. The third-order valence-corrected chi connectivity index (χ3v) is 6.36. The molecule has 0 radical (unpaired) electrons. The predicted molar refractivity (Wildman–Crippen MR) is 77.9 cm³/mol. The standard InChI is InChI=1S/C13H17NO4S2/c1-20(17,18)11-4-2-3-9(7-11)19-10-5-6-14-12(8-10)13(15)16/h5-6,8-9,11H,2-4,7H2,1H3,(H,15,16). The smallest absolute Gasteiger partial charge is 0.354 e. The molecule has 0 amide bonds. The van der Waals surface area contributed by atoms with Crippen molar-refractivity contribution < 1.29 is 18.3 Å². The molecular weight excluding hydrogens is 298 g/mol. The van der Waals surface area contributed by atoms with Gasteiger partial charge in [-0.1, -0.05) is 6.42 Å². The second kappa shape index (κ2) is 6.13. The predicted octanol–water partition coefficient (Wildman–Crippen LogP) is 2.23. The lowest BCUT2D eigenvalue weighted by Gasteiger charge is -2.27. The number of nitrogens with zero attached hydrogens (tertiary/aromatic N) is 1. The number of thioether (sulfide) groups is 1. The molecular formula is C13H17NO4S2. The Hall–Kier alpha value is -1.08. The van der Waals surface area contributed by atoms with Crippen LogP contribution in [0.5, 0.6) is 0 Å². The van der Waals surface area contributed by atoms with Crippen LogP contribution in [0.15, 0.2) is 23.2 Å². The van der Waals surface area contributed by atoms with Gasteiger partial charge in [0.25, 0.3) is 0 Å². The fourth-order valence-corrected chi connectivity index (χ4v) is 5.01. The first-order chi connectivity index (χ1) is 9.36. The van der Waals surface area contributed by atoms with Crippen molar-refractivity contribution in [2.45, 2.75) is 41.1 Å². The summed E-state index contributed by atoms with van der Waals surface area (Å²) in [5, 5.41) is 8.86. The summed E-state index contributed by atoms with van der Waals surface area (Å²) in [6.45, 7) is 0. The summed E-state index contributed by atoms with van der Waals surface area (Å²) >= 11 is 1.55. The zero-order chi connectivity index (χ0) is 14.8. The van der Waals surface area contributed by atoms with Crippen molar-refractivity contribution in [1.29, 1.82) is 0 Å². The number of hydrogen-bond donors (Lipinski definition) is 1. The van der Waals surface area contributed by atoms with Crippen LogP contribution in [0.1, 0.15) is 36.2 Å². The van der Waals surface area contributed by atoms with Gasteiger partial charge in [-0.05, 0) is 31.4 Å². The monoisotopic (exact) mass is 315 g/mol. The van der Waals surface area contributed by atoms with Gasteiger partial charge in [0.2, 0.25) is 0 Å². The van der Waals surface area contributed by atoms with Gasteiger partial charge in [0.15, 0.2) is 0 Å². The van der Waals surface area contributed by atoms with E-state index >= 15 is 0 Å². The SMILES string of the molecule is CS(=O)(=O)C1CCCC(Sc2ccnc(C(=O)O)c2)C1. The van der Waals surface area contributed by atoms with Crippen LogP contribution in [-0.2, 0) is 9.84 Å². The van der Waals surface area contributed by atoms with E-state index in [-0.39, 0.29) is 16.2 Å². The molecule has 7 heteroatoms. The van der Waals surface area contributed by atoms with E-state index in [0.29, 0.717) is 6.42 Å². The van der Waals surface area contributed by atoms with Gasteiger partial charge in [-0.25, -0.2) is 18.2 Å². The van der Waals surface area contributed by atoms with Crippen LogP contribution >= 0.6 is 11.8 Å². The van der Waals surface area contributed by atoms with E-state index in [0.717, 1.165) is 24.2 Å². The molecule has 2 atom stereocenters. The first-order valence-electron chi connectivity index (χ1n) is 6.41. The lowest BCUT2D eigenvalue weighted by molar-refractivity contribution is 0.0690. The minimum atomic E-state index is -2.99. The summed E-state index contributed by atoms with van der Waals surface area (Å²) < 4.78 is 23.3. The average Bonchev–Trinajstić information content (AvgIpc) is 2.38. The largest absolute Gasteiger partial charge is 0.477 e. The highest BCUT2D eigenvalue weighted by Crippen LogP contribution is 2.35. The van der Waals surface area contributed by atoms with E-state index in [4.69, 9.17) is 5.11 Å². The third-order valence-electron chi connectivity index (χ3n) is 3.44. The van der Waals surface area contributed by atoms with Gasteiger partial charge < -0.3 is 5.11 Å². The van der Waals surface area contributed by atoms with Crippen LogP contribution in [-0.4, -0.2) is 41.2 Å². The van der Waals surface area contributed by atoms with Gasteiger partial charge in [0.05, 0.1) is 5.25 Å². The number of aromatic nitrogens is 1. The van der Waals surface area contributed by atoms with Crippen molar-refractivity contribution in [3.63, 3.8) is 0 Å². The normalized spacial score (nSPS) is 23.4. The van der Waals surface area contributed by atoms with Crippen molar-refractivity contribution in [3.8, 4) is 0 Å². The first kappa shape index (κ1) is 15.3. The van der Waals surface area contributed by atoms with Crippen LogP contribution in [0.3, 0.4) is 0 Å². The number of rotatable bonds is 4. The van der Waals surface area contributed by atoms with Crippen LogP contribution in [0.2, 0.25) is 0 Å². The summed E-state index contributed by atoms with van der Waals surface area (Å²) in [6, 6.07) is 3.30. The number of aromatic carboxylic acids is 1. The molecule has 1 aliphatic rings. The maximum Gasteiger partial charge on any atom is 0.354 e. The molecule has 0 bridgehead atoms. The molecule has 20 heavy (non-hydrogen) atoms. The summed E-state index contributed by atoms with van der Waals surface area (Å²) in [4.78, 5) is 15.5. The van der Waals surface area contributed by atoms with E-state index in [1.165, 1.54) is 18.5 Å². The van der Waals surface area contributed by atoms with Gasteiger partial charge in [-0.2, -0.15) is 0 Å². The second-order valence-electron chi connectivity index (χ2n) is 5.04. The van der Waals surface area contributed by atoms with E-state index in [1.807, 2.05) is 0 Å². The van der Waals surface area contributed by atoms with Gasteiger partial charge in [-0.3, -0.25) is 0 Å². The van der Waals surface area contributed by atoms with E-state index in [9.17, 15) is 13.2 Å². The van der Waals surface area contributed by atoms with Gasteiger partial charge >= 0.3 is 5.97 Å². The maximum atomic E-state index is 11.6. The maximum absolute atomic E-state index is 11.6. The molecule has 0 aromatic carbocycles. The lowest BCUT2D eigenvalue weighted by Crippen LogP contribution is -2.28. The quantitative estimate of drug-likeness (QED) is 0.917. The van der Waals surface area contributed by atoms with Crippen LogP contribution in [0, 0.1) is 0 Å². The second-order valence-corrected chi connectivity index (χ2v) is 8.74. The summed E-state index contributed by atoms with van der Waals surface area (Å²) in [6.07, 6.45) is 5.98. The third kappa shape index (κ3) is 3.96. The van der Waals surface area contributed by atoms with E-state index in [1.54, 1.807) is 17.8 Å². The number of carboxylic acids is 1. The Labute approximate surface area is 122 Å². The first-order valence-corrected chi connectivity index (χ1v) is 9.24. The number of hydrogen-bond acceptors (Lipinski definition) is 5. The summed E-state index contributed by atoms with van der Waals surface area (Å²) in [5.41, 5.74) is 0.0190. The molecule has 1 saturated carbocycles. The number of carbonyl (C=O) groups is 1. The highest BCUT2D eigenvalue weighted by Gasteiger charge is 2.29. The van der Waals surface area contributed by atoms with Crippen molar-refractivity contribution >= 4 is 27.6 Å². The minimum absolute atomic E-state index is 0.0190. The van der Waals surface area contributed by atoms with Crippen LogP contribution < -0.4 is 0 Å². The molecule has 1 aliphatic carbocycles. The van der Waals surface area contributed by atoms with E-state index in [2.05, 4.69) is 4.98 Å². The molecule has 1 heterocycles. The number of pyridine rings is 1. The average molecular weight is 315 g/mol. The molecule has 1 fully saturated rings. The molecule has 0 saturated heterocycles. The number of carboxylic acid groups (broad SMARTS) is 1. The molecule has 110 valence electrons. The van der Waals surface area contributed by atoms with Gasteiger partial charge in [0.1, 0.15) is 15.5 Å². The van der Waals surface area contributed by atoms with Crippen molar-refractivity contribution in [3.05, 3.63) is 24.0 Å². The Kier molecular flexibility index (Phi) is 4.70. The highest BCUT2D eigenvalue weighted by molar-refractivity contribution is 8.00. The Morgan fingerprint density at radius 3 is 2.85 bits per heavy atom.